The van der Waals surface area contributed by atoms with E-state index in [1.54, 1.807) is 12.1 Å². The SMILES string of the molecule is O=S(=O)(CCl)Nc1ccc(Br)c(Cl)c1. The van der Waals surface area contributed by atoms with E-state index in [2.05, 4.69) is 20.7 Å². The molecule has 14 heavy (non-hydrogen) atoms. The molecule has 0 atom stereocenters. The molecule has 0 heterocycles. The van der Waals surface area contributed by atoms with E-state index in [0.29, 0.717) is 15.2 Å². The smallest absolute Gasteiger partial charge is 0.246 e. The van der Waals surface area contributed by atoms with Crippen molar-refractivity contribution in [2.75, 3.05) is 9.93 Å². The highest BCUT2D eigenvalue weighted by atomic mass is 79.9. The third-order valence-corrected chi connectivity index (χ3v) is 4.26. The Labute approximate surface area is 101 Å². The van der Waals surface area contributed by atoms with Gasteiger partial charge in [-0.25, -0.2) is 8.42 Å². The number of benzene rings is 1. The van der Waals surface area contributed by atoms with Gasteiger partial charge in [0.25, 0.3) is 0 Å². The first-order chi connectivity index (χ1) is 6.44. The lowest BCUT2D eigenvalue weighted by atomic mass is 10.3. The lowest BCUT2D eigenvalue weighted by molar-refractivity contribution is 0.605. The van der Waals surface area contributed by atoms with Gasteiger partial charge in [-0.3, -0.25) is 4.72 Å². The molecular weight excluding hydrogens is 313 g/mol. The molecule has 1 N–H and O–H groups in total. The van der Waals surface area contributed by atoms with E-state index in [-0.39, 0.29) is 0 Å². The van der Waals surface area contributed by atoms with Crippen LogP contribution in [0.4, 0.5) is 5.69 Å². The summed E-state index contributed by atoms with van der Waals surface area (Å²) in [7, 11) is -3.46. The Balaban J connectivity index is 2.94. The second kappa shape index (κ2) is 4.70. The van der Waals surface area contributed by atoms with E-state index in [9.17, 15) is 8.42 Å². The summed E-state index contributed by atoms with van der Waals surface area (Å²) in [6, 6.07) is 4.73. The van der Waals surface area contributed by atoms with Gasteiger partial charge in [0.1, 0.15) is 5.21 Å². The summed E-state index contributed by atoms with van der Waals surface area (Å²) < 4.78 is 25.1. The largest absolute Gasteiger partial charge is 0.283 e. The minimum Gasteiger partial charge on any atom is -0.283 e. The molecule has 0 bridgehead atoms. The van der Waals surface area contributed by atoms with Gasteiger partial charge in [-0.15, -0.1) is 11.6 Å². The molecule has 7 heteroatoms. The van der Waals surface area contributed by atoms with Crippen LogP contribution in [-0.4, -0.2) is 13.6 Å². The Bertz CT molecular complexity index is 435. The van der Waals surface area contributed by atoms with Gasteiger partial charge in [0, 0.05) is 4.47 Å². The summed E-state index contributed by atoms with van der Waals surface area (Å²) in [6.45, 7) is 0. The zero-order chi connectivity index (χ0) is 10.8. The summed E-state index contributed by atoms with van der Waals surface area (Å²) >= 11 is 14.2. The van der Waals surface area contributed by atoms with Crippen molar-refractivity contribution >= 4 is 54.8 Å². The molecule has 0 aliphatic carbocycles. The number of hydrogen-bond donors (Lipinski definition) is 1. The van der Waals surface area contributed by atoms with Gasteiger partial charge in [0.05, 0.1) is 10.7 Å². The topological polar surface area (TPSA) is 46.2 Å². The Morgan fingerprint density at radius 2 is 2.07 bits per heavy atom. The molecule has 1 aromatic carbocycles. The molecule has 78 valence electrons. The highest BCUT2D eigenvalue weighted by molar-refractivity contribution is 9.10. The van der Waals surface area contributed by atoms with E-state index in [4.69, 9.17) is 23.2 Å². The Kier molecular flexibility index (Phi) is 4.06. The monoisotopic (exact) mass is 317 g/mol. The maximum atomic E-state index is 11.1. The number of sulfonamides is 1. The minimum absolute atomic E-state index is 0.388. The first-order valence-electron chi connectivity index (χ1n) is 3.46. The van der Waals surface area contributed by atoms with Gasteiger partial charge < -0.3 is 0 Å². The molecule has 1 aromatic rings. The van der Waals surface area contributed by atoms with Crippen molar-refractivity contribution in [3.8, 4) is 0 Å². The zero-order valence-corrected chi connectivity index (χ0v) is 10.7. The number of halogens is 3. The van der Waals surface area contributed by atoms with Crippen LogP contribution in [0.2, 0.25) is 5.02 Å². The average molecular weight is 319 g/mol. The fourth-order valence-corrected chi connectivity index (χ4v) is 1.90. The molecule has 0 fully saturated rings. The van der Waals surface area contributed by atoms with Crippen LogP contribution in [0.5, 0.6) is 0 Å². The fourth-order valence-electron chi connectivity index (χ4n) is 0.766. The standard InChI is InChI=1S/C7H6BrCl2NO2S/c8-6-2-1-5(3-7(6)10)11-14(12,13)4-9/h1-3,11H,4H2. The van der Waals surface area contributed by atoms with Crippen LogP contribution in [-0.2, 0) is 10.0 Å². The second-order valence-electron chi connectivity index (χ2n) is 2.45. The van der Waals surface area contributed by atoms with Crippen LogP contribution in [0.15, 0.2) is 22.7 Å². The molecule has 0 aliphatic heterocycles. The van der Waals surface area contributed by atoms with E-state index in [1.807, 2.05) is 0 Å². The third kappa shape index (κ3) is 3.31. The molecule has 0 aromatic heterocycles. The molecule has 0 saturated heterocycles. The Morgan fingerprint density at radius 1 is 1.43 bits per heavy atom. The number of alkyl halides is 1. The number of hydrogen-bond acceptors (Lipinski definition) is 2. The average Bonchev–Trinajstić information content (AvgIpc) is 2.11. The van der Waals surface area contributed by atoms with Gasteiger partial charge in [0.2, 0.25) is 10.0 Å². The normalized spacial score (nSPS) is 11.4. The highest BCUT2D eigenvalue weighted by Crippen LogP contribution is 2.25. The van der Waals surface area contributed by atoms with Crippen LogP contribution in [0, 0.1) is 0 Å². The van der Waals surface area contributed by atoms with Gasteiger partial charge in [-0.1, -0.05) is 11.6 Å². The lowest BCUT2D eigenvalue weighted by Crippen LogP contribution is -2.13. The van der Waals surface area contributed by atoms with Crippen molar-refractivity contribution in [3.05, 3.63) is 27.7 Å². The predicted molar refractivity (Wildman–Crippen MR) is 62.4 cm³/mol. The molecule has 3 nitrogen and oxygen atoms in total. The molecule has 1 rings (SSSR count). The molecule has 0 spiro atoms. The zero-order valence-electron chi connectivity index (χ0n) is 6.80. The third-order valence-electron chi connectivity index (χ3n) is 1.34. The van der Waals surface area contributed by atoms with Gasteiger partial charge >= 0.3 is 0 Å². The summed E-state index contributed by atoms with van der Waals surface area (Å²) in [5.74, 6) is 0. The van der Waals surface area contributed by atoms with Gasteiger partial charge in [-0.2, -0.15) is 0 Å². The van der Waals surface area contributed by atoms with Crippen molar-refractivity contribution in [2.45, 2.75) is 0 Å². The van der Waals surface area contributed by atoms with E-state index >= 15 is 0 Å². The first kappa shape index (κ1) is 12.1. The summed E-state index contributed by atoms with van der Waals surface area (Å²) in [5, 5.41) is -0.0551. The van der Waals surface area contributed by atoms with Crippen LogP contribution in [0.25, 0.3) is 0 Å². The van der Waals surface area contributed by atoms with E-state index < -0.39 is 15.2 Å². The maximum absolute atomic E-state index is 11.1. The van der Waals surface area contributed by atoms with E-state index in [0.717, 1.165) is 0 Å². The lowest BCUT2D eigenvalue weighted by Gasteiger charge is -2.05. The van der Waals surface area contributed by atoms with Crippen molar-refractivity contribution in [1.82, 2.24) is 0 Å². The summed E-state index contributed by atoms with van der Waals surface area (Å²) in [4.78, 5) is 0. The van der Waals surface area contributed by atoms with E-state index in [1.165, 1.54) is 6.07 Å². The number of nitrogens with one attached hydrogen (secondary N) is 1. The molecular formula is C7H6BrCl2NO2S. The van der Waals surface area contributed by atoms with Crippen molar-refractivity contribution < 1.29 is 8.42 Å². The minimum atomic E-state index is -3.46. The molecule has 0 aliphatic rings. The molecule has 0 unspecified atom stereocenters. The van der Waals surface area contributed by atoms with Crippen molar-refractivity contribution in [3.63, 3.8) is 0 Å². The van der Waals surface area contributed by atoms with Crippen molar-refractivity contribution in [2.24, 2.45) is 0 Å². The van der Waals surface area contributed by atoms with Crippen molar-refractivity contribution in [1.29, 1.82) is 0 Å². The number of anilines is 1. The van der Waals surface area contributed by atoms with Gasteiger partial charge in [0.15, 0.2) is 0 Å². The molecule has 0 saturated carbocycles. The van der Waals surface area contributed by atoms with Crippen LogP contribution in [0.1, 0.15) is 0 Å². The van der Waals surface area contributed by atoms with Crippen LogP contribution >= 0.6 is 39.1 Å². The molecule has 0 radical (unpaired) electrons. The summed E-state index contributed by atoms with van der Waals surface area (Å²) in [5.41, 5.74) is 0.388. The predicted octanol–water partition coefficient (Wildman–Crippen LogP) is 3.04. The fraction of sp³-hybridized carbons (Fsp3) is 0.143. The Morgan fingerprint density at radius 3 is 2.57 bits per heavy atom. The van der Waals surface area contributed by atoms with Gasteiger partial charge in [-0.05, 0) is 34.1 Å². The highest BCUT2D eigenvalue weighted by Gasteiger charge is 2.08. The summed E-state index contributed by atoms with van der Waals surface area (Å²) in [6.07, 6.45) is 0. The van der Waals surface area contributed by atoms with Crippen LogP contribution < -0.4 is 4.72 Å². The molecule has 0 amide bonds. The van der Waals surface area contributed by atoms with Crippen LogP contribution in [0.3, 0.4) is 0 Å². The quantitative estimate of drug-likeness (QED) is 0.871. The maximum Gasteiger partial charge on any atom is 0.246 e. The second-order valence-corrected chi connectivity index (χ2v) is 6.02. The first-order valence-corrected chi connectivity index (χ1v) is 6.82. The number of rotatable bonds is 3. The Hall–Kier alpha value is 0.0300.